The Kier molecular flexibility index (Phi) is 5.10. The summed E-state index contributed by atoms with van der Waals surface area (Å²) in [5.74, 6) is 0.849. The van der Waals surface area contributed by atoms with Gasteiger partial charge in [-0.15, -0.1) is 0 Å². The van der Waals surface area contributed by atoms with Crippen molar-refractivity contribution in [3.63, 3.8) is 0 Å². The van der Waals surface area contributed by atoms with Crippen molar-refractivity contribution in [3.8, 4) is 6.07 Å². The number of hydrogen-bond acceptors (Lipinski definition) is 4. The number of fused-ring (bicyclic) bond motifs is 4. The molecule has 0 bridgehead atoms. The fraction of sp³-hybridized carbons (Fsp3) is 0.222. The van der Waals surface area contributed by atoms with Gasteiger partial charge in [0.15, 0.2) is 5.65 Å². The second kappa shape index (κ2) is 8.10. The van der Waals surface area contributed by atoms with Crippen LogP contribution in [0.25, 0.3) is 27.6 Å². The predicted octanol–water partition coefficient (Wildman–Crippen LogP) is 6.21. The second-order valence-electron chi connectivity index (χ2n) is 8.52. The third-order valence-electron chi connectivity index (χ3n) is 6.29. The average molecular weight is 435 g/mol. The van der Waals surface area contributed by atoms with Crippen LogP contribution in [0, 0.1) is 18.3 Å². The van der Waals surface area contributed by atoms with Crippen molar-refractivity contribution in [2.45, 2.75) is 40.2 Å². The maximum absolute atomic E-state index is 9.87. The van der Waals surface area contributed by atoms with Gasteiger partial charge in [0.05, 0.1) is 22.8 Å². The lowest BCUT2D eigenvalue weighted by molar-refractivity contribution is 0.623. The minimum absolute atomic E-state index is 0.356. The number of benzene rings is 2. The van der Waals surface area contributed by atoms with Crippen molar-refractivity contribution in [1.82, 2.24) is 14.0 Å². The predicted molar refractivity (Wildman–Crippen MR) is 135 cm³/mol. The van der Waals surface area contributed by atoms with Crippen molar-refractivity contribution >= 4 is 39.6 Å². The number of nitriles is 1. The molecule has 0 atom stereocenters. The van der Waals surface area contributed by atoms with Crippen LogP contribution in [0.2, 0.25) is 0 Å². The number of nitrogens with one attached hydrogen (secondary N) is 1. The lowest BCUT2D eigenvalue weighted by Gasteiger charge is -2.15. The molecule has 0 spiro atoms. The molecule has 3 heterocycles. The van der Waals surface area contributed by atoms with E-state index in [9.17, 15) is 5.26 Å². The van der Waals surface area contributed by atoms with Crippen molar-refractivity contribution in [3.05, 3.63) is 77.0 Å². The molecule has 164 valence electrons. The summed E-state index contributed by atoms with van der Waals surface area (Å²) in [5.41, 5.74) is 10.6. The summed E-state index contributed by atoms with van der Waals surface area (Å²) in [7, 11) is 0. The highest BCUT2D eigenvalue weighted by atomic mass is 15.3. The van der Waals surface area contributed by atoms with Crippen LogP contribution >= 0.6 is 0 Å². The Hall–Kier alpha value is -4.11. The third kappa shape index (κ3) is 3.25. The van der Waals surface area contributed by atoms with Gasteiger partial charge in [-0.3, -0.25) is 9.83 Å². The molecule has 1 N–H and O–H groups in total. The van der Waals surface area contributed by atoms with Crippen LogP contribution in [0.3, 0.4) is 0 Å². The minimum atomic E-state index is 0.356. The molecular formula is C27H26N6. The van der Waals surface area contributed by atoms with E-state index in [1.165, 1.54) is 10.9 Å². The normalized spacial score (nSPS) is 11.9. The first-order valence-electron chi connectivity index (χ1n) is 11.3. The number of nitrogens with zero attached hydrogens (tertiary/aromatic N) is 5. The van der Waals surface area contributed by atoms with E-state index in [1.54, 1.807) is 0 Å². The SMILES string of the molecule is CCc1c(C)c(C#N)c2nc3ccccc3n2c1N/N=C\c1cn(C(C)C)c2ccccc12. The minimum Gasteiger partial charge on any atom is -0.344 e. The van der Waals surface area contributed by atoms with Gasteiger partial charge in [-0.2, -0.15) is 10.4 Å². The van der Waals surface area contributed by atoms with Crippen LogP contribution in [0.1, 0.15) is 49.1 Å². The van der Waals surface area contributed by atoms with Gasteiger partial charge in [-0.1, -0.05) is 37.3 Å². The average Bonchev–Trinajstić information content (AvgIpc) is 3.38. The van der Waals surface area contributed by atoms with E-state index in [0.717, 1.165) is 40.0 Å². The van der Waals surface area contributed by atoms with Gasteiger partial charge in [0, 0.05) is 28.7 Å². The van der Waals surface area contributed by atoms with Crippen LogP contribution in [0.5, 0.6) is 0 Å². The molecule has 2 aromatic carbocycles. The molecule has 0 fully saturated rings. The summed E-state index contributed by atoms with van der Waals surface area (Å²) in [5, 5.41) is 15.7. The van der Waals surface area contributed by atoms with Gasteiger partial charge in [-0.25, -0.2) is 4.98 Å². The number of aromatic nitrogens is 3. The summed E-state index contributed by atoms with van der Waals surface area (Å²) in [4.78, 5) is 4.76. The molecule has 0 saturated heterocycles. The number of anilines is 1. The zero-order chi connectivity index (χ0) is 23.1. The number of hydrogen-bond donors (Lipinski definition) is 1. The molecule has 0 saturated carbocycles. The zero-order valence-corrected chi connectivity index (χ0v) is 19.3. The quantitative estimate of drug-likeness (QED) is 0.264. The van der Waals surface area contributed by atoms with Gasteiger partial charge >= 0.3 is 0 Å². The molecular weight excluding hydrogens is 408 g/mol. The highest BCUT2D eigenvalue weighted by Crippen LogP contribution is 2.31. The van der Waals surface area contributed by atoms with Gasteiger partial charge in [0.1, 0.15) is 11.9 Å². The fourth-order valence-electron chi connectivity index (χ4n) is 4.66. The highest BCUT2D eigenvalue weighted by molar-refractivity contribution is 5.99. The number of hydrazone groups is 1. The summed E-state index contributed by atoms with van der Waals surface area (Å²) in [6.07, 6.45) is 4.79. The van der Waals surface area contributed by atoms with E-state index in [2.05, 4.69) is 72.4 Å². The maximum atomic E-state index is 9.87. The standard InChI is InChI=1S/C27H26N6/c1-5-20-18(4)22(14-28)26-30-23-11-7-9-13-25(23)33(26)27(20)31-29-15-19-16-32(17(2)3)24-12-8-6-10-21(19)24/h6-13,15-17,31H,5H2,1-4H3/b29-15-. The van der Waals surface area contributed by atoms with Crippen molar-refractivity contribution in [2.75, 3.05) is 5.43 Å². The second-order valence-corrected chi connectivity index (χ2v) is 8.52. The van der Waals surface area contributed by atoms with Crippen LogP contribution < -0.4 is 5.43 Å². The lowest BCUT2D eigenvalue weighted by atomic mass is 10.0. The molecule has 0 amide bonds. The van der Waals surface area contributed by atoms with E-state index in [0.29, 0.717) is 17.3 Å². The van der Waals surface area contributed by atoms with Crippen LogP contribution in [0.4, 0.5) is 5.82 Å². The van der Waals surface area contributed by atoms with E-state index in [4.69, 9.17) is 4.98 Å². The summed E-state index contributed by atoms with van der Waals surface area (Å²) < 4.78 is 4.29. The number of rotatable bonds is 5. The molecule has 0 aliphatic heterocycles. The van der Waals surface area contributed by atoms with Crippen molar-refractivity contribution < 1.29 is 0 Å². The molecule has 6 nitrogen and oxygen atoms in total. The Balaban J connectivity index is 1.67. The highest BCUT2D eigenvalue weighted by Gasteiger charge is 2.19. The summed E-state index contributed by atoms with van der Waals surface area (Å²) in [6, 6.07) is 19.0. The lowest BCUT2D eigenvalue weighted by Crippen LogP contribution is -2.07. The number of pyridine rings is 1. The number of para-hydroxylation sites is 3. The van der Waals surface area contributed by atoms with E-state index in [-0.39, 0.29) is 0 Å². The first-order valence-corrected chi connectivity index (χ1v) is 11.3. The Labute approximate surface area is 192 Å². The monoisotopic (exact) mass is 434 g/mol. The molecule has 5 aromatic rings. The fourth-order valence-corrected chi connectivity index (χ4v) is 4.66. The molecule has 3 aromatic heterocycles. The third-order valence-corrected chi connectivity index (χ3v) is 6.29. The summed E-state index contributed by atoms with van der Waals surface area (Å²) >= 11 is 0. The topological polar surface area (TPSA) is 70.4 Å². The Bertz CT molecular complexity index is 1580. The van der Waals surface area contributed by atoms with Gasteiger partial charge in [0.2, 0.25) is 0 Å². The van der Waals surface area contributed by atoms with Crippen LogP contribution in [-0.4, -0.2) is 20.2 Å². The summed E-state index contributed by atoms with van der Waals surface area (Å²) in [6.45, 7) is 8.45. The van der Waals surface area contributed by atoms with Gasteiger partial charge < -0.3 is 4.57 Å². The zero-order valence-electron chi connectivity index (χ0n) is 19.3. The molecule has 0 unspecified atom stereocenters. The molecule has 0 aliphatic rings. The van der Waals surface area contributed by atoms with Crippen molar-refractivity contribution in [1.29, 1.82) is 5.26 Å². The maximum Gasteiger partial charge on any atom is 0.157 e. The molecule has 0 radical (unpaired) electrons. The molecule has 33 heavy (non-hydrogen) atoms. The largest absolute Gasteiger partial charge is 0.344 e. The smallest absolute Gasteiger partial charge is 0.157 e. The Morgan fingerprint density at radius 1 is 1.12 bits per heavy atom. The van der Waals surface area contributed by atoms with Gasteiger partial charge in [0.25, 0.3) is 0 Å². The first-order chi connectivity index (χ1) is 16.0. The molecule has 0 aliphatic carbocycles. The van der Waals surface area contributed by atoms with Crippen molar-refractivity contribution in [2.24, 2.45) is 5.10 Å². The molecule has 5 rings (SSSR count). The van der Waals surface area contributed by atoms with Crippen LogP contribution in [-0.2, 0) is 6.42 Å². The van der Waals surface area contributed by atoms with E-state index >= 15 is 0 Å². The van der Waals surface area contributed by atoms with E-state index < -0.39 is 0 Å². The molecule has 6 heteroatoms. The van der Waals surface area contributed by atoms with Crippen LogP contribution in [0.15, 0.2) is 59.8 Å². The Morgan fingerprint density at radius 2 is 1.85 bits per heavy atom. The Morgan fingerprint density at radius 3 is 2.58 bits per heavy atom. The number of imidazole rings is 1. The van der Waals surface area contributed by atoms with Gasteiger partial charge in [-0.05, 0) is 56.5 Å². The first kappa shape index (κ1) is 20.8. The van der Waals surface area contributed by atoms with E-state index in [1.807, 2.05) is 41.8 Å².